The molecule has 1 fully saturated rings. The molecule has 1 aromatic carbocycles. The van der Waals surface area contributed by atoms with Gasteiger partial charge in [0.05, 0.1) is 16.7 Å². The molecule has 1 saturated heterocycles. The molecule has 0 radical (unpaired) electrons. The van der Waals surface area contributed by atoms with Gasteiger partial charge in [-0.05, 0) is 38.0 Å². The molecule has 2 unspecified atom stereocenters. The van der Waals surface area contributed by atoms with Gasteiger partial charge in [0, 0.05) is 24.7 Å². The molecule has 5 nitrogen and oxygen atoms in total. The minimum Gasteiger partial charge on any atom is -0.393 e. The second-order valence-corrected chi connectivity index (χ2v) is 5.73. The Labute approximate surface area is 129 Å². The predicted octanol–water partition coefficient (Wildman–Crippen LogP) is 2.84. The number of aliphatic hydroxyl groups is 1. The Bertz CT molecular complexity index is 569. The Balaban J connectivity index is 2.01. The lowest BCUT2D eigenvalue weighted by Gasteiger charge is -2.34. The highest BCUT2D eigenvalue weighted by molar-refractivity contribution is 6.32. The molecule has 21 heavy (non-hydrogen) atoms. The lowest BCUT2D eigenvalue weighted by Crippen LogP contribution is -2.44. The van der Waals surface area contributed by atoms with Gasteiger partial charge in [0.15, 0.2) is 0 Å². The molecular formula is C15H18ClN3O2. The number of likely N-dealkylation sites (tertiary alicyclic amines) is 1. The van der Waals surface area contributed by atoms with Crippen LogP contribution >= 0.6 is 11.6 Å². The number of halogens is 1. The van der Waals surface area contributed by atoms with Gasteiger partial charge >= 0.3 is 6.03 Å². The molecule has 6 heteroatoms. The van der Waals surface area contributed by atoms with Gasteiger partial charge in [-0.3, -0.25) is 0 Å². The van der Waals surface area contributed by atoms with Crippen molar-refractivity contribution in [1.82, 2.24) is 4.90 Å². The number of piperidine rings is 1. The number of benzene rings is 1. The van der Waals surface area contributed by atoms with Crippen LogP contribution in [0, 0.1) is 17.2 Å². The van der Waals surface area contributed by atoms with E-state index in [0.29, 0.717) is 29.4 Å². The Hall–Kier alpha value is -1.77. The largest absolute Gasteiger partial charge is 0.393 e. The molecule has 1 aliphatic rings. The number of amides is 2. The van der Waals surface area contributed by atoms with Crippen LogP contribution in [-0.2, 0) is 0 Å². The van der Waals surface area contributed by atoms with Gasteiger partial charge in [0.2, 0.25) is 0 Å². The van der Waals surface area contributed by atoms with Crippen molar-refractivity contribution in [2.45, 2.75) is 25.9 Å². The van der Waals surface area contributed by atoms with Gasteiger partial charge in [-0.1, -0.05) is 11.6 Å². The summed E-state index contributed by atoms with van der Waals surface area (Å²) in [5.74, 6) is 0.119. The van der Waals surface area contributed by atoms with Crippen LogP contribution in [0.5, 0.6) is 0 Å². The Morgan fingerprint density at radius 3 is 3.00 bits per heavy atom. The number of urea groups is 1. The van der Waals surface area contributed by atoms with Crippen molar-refractivity contribution in [1.29, 1.82) is 5.26 Å². The van der Waals surface area contributed by atoms with Crippen LogP contribution in [0.25, 0.3) is 0 Å². The van der Waals surface area contributed by atoms with Crippen LogP contribution in [0.4, 0.5) is 10.5 Å². The summed E-state index contributed by atoms with van der Waals surface area (Å²) in [6.45, 7) is 2.99. The molecule has 2 atom stereocenters. The fourth-order valence-corrected chi connectivity index (χ4v) is 2.70. The maximum absolute atomic E-state index is 12.2. The van der Waals surface area contributed by atoms with Crippen LogP contribution in [0.3, 0.4) is 0 Å². The van der Waals surface area contributed by atoms with E-state index in [-0.39, 0.29) is 11.9 Å². The normalized spacial score (nSPS) is 19.7. The van der Waals surface area contributed by atoms with Gasteiger partial charge in [-0.2, -0.15) is 5.26 Å². The SMILES string of the molecule is CC(O)C1CCCN(C(=O)Nc2ccc(C#N)c(Cl)c2)C1. The van der Waals surface area contributed by atoms with Gasteiger partial charge in [0.1, 0.15) is 6.07 Å². The molecular weight excluding hydrogens is 290 g/mol. The van der Waals surface area contributed by atoms with Crippen molar-refractivity contribution in [3.8, 4) is 6.07 Å². The summed E-state index contributed by atoms with van der Waals surface area (Å²) < 4.78 is 0. The van der Waals surface area contributed by atoms with Crippen molar-refractivity contribution >= 4 is 23.3 Å². The van der Waals surface area contributed by atoms with E-state index in [1.165, 1.54) is 0 Å². The summed E-state index contributed by atoms with van der Waals surface area (Å²) in [6, 6.07) is 6.56. The summed E-state index contributed by atoms with van der Waals surface area (Å²) >= 11 is 5.94. The van der Waals surface area contributed by atoms with Crippen LogP contribution < -0.4 is 5.32 Å². The minimum absolute atomic E-state index is 0.119. The average molecular weight is 308 g/mol. The fourth-order valence-electron chi connectivity index (χ4n) is 2.47. The molecule has 2 rings (SSSR count). The number of rotatable bonds is 2. The molecule has 112 valence electrons. The maximum Gasteiger partial charge on any atom is 0.321 e. The summed E-state index contributed by atoms with van der Waals surface area (Å²) in [5, 5.41) is 21.6. The summed E-state index contributed by atoms with van der Waals surface area (Å²) in [4.78, 5) is 13.9. The number of nitriles is 1. The number of hydrogen-bond acceptors (Lipinski definition) is 3. The van der Waals surface area contributed by atoms with Crippen LogP contribution in [0.15, 0.2) is 18.2 Å². The fraction of sp³-hybridized carbons (Fsp3) is 0.467. The van der Waals surface area contributed by atoms with Crippen LogP contribution in [0.2, 0.25) is 5.02 Å². The monoisotopic (exact) mass is 307 g/mol. The molecule has 0 aliphatic carbocycles. The van der Waals surface area contributed by atoms with Gasteiger partial charge in [-0.15, -0.1) is 0 Å². The van der Waals surface area contributed by atoms with E-state index in [1.807, 2.05) is 6.07 Å². The average Bonchev–Trinajstić information content (AvgIpc) is 2.47. The summed E-state index contributed by atoms with van der Waals surface area (Å²) in [6.07, 6.45) is 1.41. The van der Waals surface area contributed by atoms with Crippen molar-refractivity contribution in [3.63, 3.8) is 0 Å². The Morgan fingerprint density at radius 1 is 1.62 bits per heavy atom. The van der Waals surface area contributed by atoms with Gasteiger partial charge < -0.3 is 15.3 Å². The van der Waals surface area contributed by atoms with E-state index in [2.05, 4.69) is 5.32 Å². The molecule has 1 aliphatic heterocycles. The summed E-state index contributed by atoms with van der Waals surface area (Å²) in [7, 11) is 0. The summed E-state index contributed by atoms with van der Waals surface area (Å²) in [5.41, 5.74) is 0.935. The van der Waals surface area contributed by atoms with Gasteiger partial charge in [-0.25, -0.2) is 4.79 Å². The lowest BCUT2D eigenvalue weighted by molar-refractivity contribution is 0.0766. The Kier molecular flexibility index (Phi) is 5.05. The van der Waals surface area contributed by atoms with Gasteiger partial charge in [0.25, 0.3) is 0 Å². The van der Waals surface area contributed by atoms with E-state index in [1.54, 1.807) is 30.0 Å². The minimum atomic E-state index is -0.412. The highest BCUT2D eigenvalue weighted by Gasteiger charge is 2.26. The second-order valence-electron chi connectivity index (χ2n) is 5.33. The highest BCUT2D eigenvalue weighted by atomic mass is 35.5. The zero-order valence-corrected chi connectivity index (χ0v) is 12.6. The first-order valence-electron chi connectivity index (χ1n) is 6.95. The molecule has 1 heterocycles. The molecule has 0 aromatic heterocycles. The highest BCUT2D eigenvalue weighted by Crippen LogP contribution is 2.23. The van der Waals surface area contributed by atoms with E-state index in [0.717, 1.165) is 12.8 Å². The van der Waals surface area contributed by atoms with Crippen molar-refractivity contribution in [3.05, 3.63) is 28.8 Å². The zero-order chi connectivity index (χ0) is 15.4. The zero-order valence-electron chi connectivity index (χ0n) is 11.8. The maximum atomic E-state index is 12.2. The number of nitrogens with zero attached hydrogens (tertiary/aromatic N) is 2. The van der Waals surface area contributed by atoms with Crippen LogP contribution in [0.1, 0.15) is 25.3 Å². The smallest absolute Gasteiger partial charge is 0.321 e. The second kappa shape index (κ2) is 6.79. The number of anilines is 1. The molecule has 2 N–H and O–H groups in total. The quantitative estimate of drug-likeness (QED) is 0.882. The first-order chi connectivity index (χ1) is 10.0. The third-order valence-corrected chi connectivity index (χ3v) is 4.08. The topological polar surface area (TPSA) is 76.4 Å². The third-order valence-electron chi connectivity index (χ3n) is 3.77. The lowest BCUT2D eigenvalue weighted by atomic mass is 9.94. The molecule has 0 bridgehead atoms. The van der Waals surface area contributed by atoms with E-state index >= 15 is 0 Å². The Morgan fingerprint density at radius 2 is 2.38 bits per heavy atom. The van der Waals surface area contributed by atoms with Crippen molar-refractivity contribution in [2.24, 2.45) is 5.92 Å². The van der Waals surface area contributed by atoms with E-state index in [4.69, 9.17) is 16.9 Å². The first-order valence-corrected chi connectivity index (χ1v) is 7.32. The van der Waals surface area contributed by atoms with Crippen molar-refractivity contribution < 1.29 is 9.90 Å². The number of aliphatic hydroxyl groups excluding tert-OH is 1. The van der Waals surface area contributed by atoms with Crippen LogP contribution in [-0.4, -0.2) is 35.2 Å². The number of carbonyl (C=O) groups excluding carboxylic acids is 1. The standard InChI is InChI=1S/C15H18ClN3O2/c1-10(20)12-3-2-6-19(9-12)15(21)18-13-5-4-11(8-17)14(16)7-13/h4-5,7,10,12,20H,2-3,6,9H2,1H3,(H,18,21). The third kappa shape index (κ3) is 3.87. The predicted molar refractivity (Wildman–Crippen MR) is 81.2 cm³/mol. The number of nitrogens with one attached hydrogen (secondary N) is 1. The van der Waals surface area contributed by atoms with Crippen molar-refractivity contribution in [2.75, 3.05) is 18.4 Å². The van der Waals surface area contributed by atoms with E-state index in [9.17, 15) is 9.90 Å². The molecule has 1 aromatic rings. The molecule has 0 saturated carbocycles. The number of carbonyl (C=O) groups is 1. The first kappa shape index (κ1) is 15.6. The molecule has 2 amide bonds. The van der Waals surface area contributed by atoms with E-state index < -0.39 is 6.10 Å². The number of hydrogen-bond donors (Lipinski definition) is 2. The molecule has 0 spiro atoms.